The molecular formula is C10H21O3Si. The molecule has 14 heavy (non-hydrogen) atoms. The van der Waals surface area contributed by atoms with Crippen LogP contribution >= 0.6 is 0 Å². The van der Waals surface area contributed by atoms with E-state index in [0.717, 1.165) is 25.3 Å². The highest BCUT2D eigenvalue weighted by molar-refractivity contribution is 6.46. The Bertz CT molecular complexity index is 161. The second-order valence-corrected chi connectivity index (χ2v) is 5.09. The smallest absolute Gasteiger partial charge is 0.460 e. The summed E-state index contributed by atoms with van der Waals surface area (Å²) >= 11 is 0. The SMILES string of the molecule is CCCC[Si](OC(C)=O)OC(C)CC. The Labute approximate surface area is 88.6 Å². The van der Waals surface area contributed by atoms with Crippen molar-refractivity contribution in [3.63, 3.8) is 0 Å². The summed E-state index contributed by atoms with van der Waals surface area (Å²) in [5.41, 5.74) is 0. The normalized spacial score (nSPS) is 12.9. The van der Waals surface area contributed by atoms with Crippen molar-refractivity contribution in [1.29, 1.82) is 0 Å². The highest BCUT2D eigenvalue weighted by Gasteiger charge is 2.21. The molecule has 0 spiro atoms. The van der Waals surface area contributed by atoms with Crippen LogP contribution < -0.4 is 0 Å². The summed E-state index contributed by atoms with van der Waals surface area (Å²) in [6.45, 7) is 7.64. The first kappa shape index (κ1) is 13.6. The largest absolute Gasteiger partial charge is 0.492 e. The minimum atomic E-state index is -1.37. The lowest BCUT2D eigenvalue weighted by molar-refractivity contribution is -0.133. The fourth-order valence-corrected chi connectivity index (χ4v) is 2.77. The van der Waals surface area contributed by atoms with Crippen molar-refractivity contribution in [2.45, 2.75) is 59.1 Å². The minimum absolute atomic E-state index is 0.195. The molecule has 1 atom stereocenters. The summed E-state index contributed by atoms with van der Waals surface area (Å²) in [5, 5.41) is 0. The molecule has 0 aromatic heterocycles. The Balaban J connectivity index is 3.89. The predicted molar refractivity (Wildman–Crippen MR) is 58.1 cm³/mol. The Kier molecular flexibility index (Phi) is 7.80. The van der Waals surface area contributed by atoms with Crippen LogP contribution in [0.15, 0.2) is 0 Å². The molecule has 0 aliphatic rings. The molecule has 0 saturated heterocycles. The monoisotopic (exact) mass is 217 g/mol. The molecule has 0 N–H and O–H groups in total. The summed E-state index contributed by atoms with van der Waals surface area (Å²) in [7, 11) is -1.37. The van der Waals surface area contributed by atoms with E-state index >= 15 is 0 Å². The molecule has 0 aromatic rings. The summed E-state index contributed by atoms with van der Waals surface area (Å²) < 4.78 is 10.8. The van der Waals surface area contributed by atoms with Crippen LogP contribution in [-0.4, -0.2) is 21.4 Å². The third-order valence-corrected chi connectivity index (χ3v) is 3.84. The van der Waals surface area contributed by atoms with Gasteiger partial charge in [0.1, 0.15) is 0 Å². The third kappa shape index (κ3) is 7.09. The first-order valence-corrected chi connectivity index (χ1v) is 6.83. The van der Waals surface area contributed by atoms with Gasteiger partial charge < -0.3 is 8.85 Å². The van der Waals surface area contributed by atoms with E-state index in [1.165, 1.54) is 6.92 Å². The number of hydrogen-bond donors (Lipinski definition) is 0. The van der Waals surface area contributed by atoms with Gasteiger partial charge in [0.05, 0.1) is 0 Å². The highest BCUT2D eigenvalue weighted by Crippen LogP contribution is 2.08. The van der Waals surface area contributed by atoms with Crippen LogP contribution in [0.4, 0.5) is 0 Å². The van der Waals surface area contributed by atoms with E-state index in [1.807, 2.05) is 6.92 Å². The first-order valence-electron chi connectivity index (χ1n) is 5.31. The molecule has 1 unspecified atom stereocenters. The first-order chi connectivity index (χ1) is 6.60. The lowest BCUT2D eigenvalue weighted by atomic mass is 10.3. The van der Waals surface area contributed by atoms with E-state index in [1.54, 1.807) is 0 Å². The van der Waals surface area contributed by atoms with Gasteiger partial charge in [-0.05, 0) is 13.3 Å². The Morgan fingerprint density at radius 2 is 2.07 bits per heavy atom. The van der Waals surface area contributed by atoms with Gasteiger partial charge in [0.2, 0.25) is 0 Å². The molecule has 1 radical (unpaired) electrons. The van der Waals surface area contributed by atoms with E-state index in [2.05, 4.69) is 13.8 Å². The average molecular weight is 217 g/mol. The van der Waals surface area contributed by atoms with E-state index < -0.39 is 9.28 Å². The summed E-state index contributed by atoms with van der Waals surface area (Å²) in [6, 6.07) is 0.894. The lowest BCUT2D eigenvalue weighted by Crippen LogP contribution is -2.29. The number of rotatable bonds is 7. The van der Waals surface area contributed by atoms with Gasteiger partial charge >= 0.3 is 9.28 Å². The van der Waals surface area contributed by atoms with Crippen LogP contribution in [0, 0.1) is 0 Å². The zero-order valence-electron chi connectivity index (χ0n) is 9.63. The maximum Gasteiger partial charge on any atom is 0.460 e. The second-order valence-electron chi connectivity index (χ2n) is 3.41. The van der Waals surface area contributed by atoms with Gasteiger partial charge in [-0.15, -0.1) is 0 Å². The van der Waals surface area contributed by atoms with Crippen molar-refractivity contribution in [3.05, 3.63) is 0 Å². The zero-order chi connectivity index (χ0) is 11.0. The molecule has 0 amide bonds. The topological polar surface area (TPSA) is 35.5 Å². The fourth-order valence-electron chi connectivity index (χ4n) is 0.923. The number of hydrogen-bond acceptors (Lipinski definition) is 3. The summed E-state index contributed by atoms with van der Waals surface area (Å²) in [5.74, 6) is -0.224. The van der Waals surface area contributed by atoms with Crippen molar-refractivity contribution in [2.24, 2.45) is 0 Å². The molecule has 3 nitrogen and oxygen atoms in total. The molecule has 0 rings (SSSR count). The molecule has 0 aromatic carbocycles. The zero-order valence-corrected chi connectivity index (χ0v) is 10.6. The standard InChI is InChI=1S/C10H21O3Si/c1-5-7-8-14(13-10(4)11)12-9(3)6-2/h9H,5-8H2,1-4H3. The Morgan fingerprint density at radius 1 is 1.43 bits per heavy atom. The van der Waals surface area contributed by atoms with Crippen molar-refractivity contribution in [1.82, 2.24) is 0 Å². The molecule has 0 fully saturated rings. The van der Waals surface area contributed by atoms with Crippen molar-refractivity contribution in [2.75, 3.05) is 0 Å². The van der Waals surface area contributed by atoms with Crippen LogP contribution in [0.25, 0.3) is 0 Å². The van der Waals surface area contributed by atoms with E-state index in [9.17, 15) is 4.79 Å². The quantitative estimate of drug-likeness (QED) is 0.615. The van der Waals surface area contributed by atoms with E-state index in [-0.39, 0.29) is 12.1 Å². The van der Waals surface area contributed by atoms with Gasteiger partial charge in [-0.3, -0.25) is 4.79 Å². The maximum absolute atomic E-state index is 10.8. The number of carbonyl (C=O) groups is 1. The van der Waals surface area contributed by atoms with Crippen LogP contribution in [0.2, 0.25) is 6.04 Å². The maximum atomic E-state index is 10.8. The molecule has 0 saturated carbocycles. The van der Waals surface area contributed by atoms with Gasteiger partial charge in [0.15, 0.2) is 0 Å². The van der Waals surface area contributed by atoms with Gasteiger partial charge in [0.25, 0.3) is 5.97 Å². The van der Waals surface area contributed by atoms with Gasteiger partial charge in [-0.25, -0.2) is 0 Å². The summed E-state index contributed by atoms with van der Waals surface area (Å²) in [6.07, 6.45) is 3.33. The molecule has 0 aliphatic carbocycles. The van der Waals surface area contributed by atoms with Gasteiger partial charge in [-0.1, -0.05) is 26.7 Å². The van der Waals surface area contributed by atoms with E-state index in [4.69, 9.17) is 8.85 Å². The number of unbranched alkanes of at least 4 members (excludes halogenated alkanes) is 1. The van der Waals surface area contributed by atoms with E-state index in [0.29, 0.717) is 0 Å². The molecule has 4 heteroatoms. The van der Waals surface area contributed by atoms with Crippen molar-refractivity contribution in [3.8, 4) is 0 Å². The van der Waals surface area contributed by atoms with Gasteiger partial charge in [0, 0.05) is 19.1 Å². The van der Waals surface area contributed by atoms with Gasteiger partial charge in [-0.2, -0.15) is 0 Å². The molecule has 0 heterocycles. The molecule has 0 bridgehead atoms. The molecular weight excluding hydrogens is 196 g/mol. The van der Waals surface area contributed by atoms with Crippen molar-refractivity contribution >= 4 is 15.3 Å². The van der Waals surface area contributed by atoms with Crippen LogP contribution in [0.1, 0.15) is 47.0 Å². The van der Waals surface area contributed by atoms with Crippen molar-refractivity contribution < 1.29 is 13.6 Å². The Morgan fingerprint density at radius 3 is 2.50 bits per heavy atom. The Hall–Kier alpha value is -0.353. The number of carbonyl (C=O) groups excluding carboxylic acids is 1. The van der Waals surface area contributed by atoms with Crippen LogP contribution in [0.3, 0.4) is 0 Å². The third-order valence-electron chi connectivity index (χ3n) is 1.90. The second kappa shape index (κ2) is 8.00. The molecule has 83 valence electrons. The predicted octanol–water partition coefficient (Wildman–Crippen LogP) is 2.65. The average Bonchev–Trinajstić information content (AvgIpc) is 2.13. The minimum Gasteiger partial charge on any atom is -0.492 e. The van der Waals surface area contributed by atoms with Crippen LogP contribution in [-0.2, 0) is 13.6 Å². The lowest BCUT2D eigenvalue weighted by Gasteiger charge is -2.17. The highest BCUT2D eigenvalue weighted by atomic mass is 28.3. The summed E-state index contributed by atoms with van der Waals surface area (Å²) in [4.78, 5) is 10.8. The molecule has 0 aliphatic heterocycles. The fraction of sp³-hybridized carbons (Fsp3) is 0.900. The van der Waals surface area contributed by atoms with Crippen LogP contribution in [0.5, 0.6) is 0 Å².